The zero-order valence-corrected chi connectivity index (χ0v) is 19.7. The number of ether oxygens (including phenoxy) is 1. The minimum absolute atomic E-state index is 0.0551. The summed E-state index contributed by atoms with van der Waals surface area (Å²) in [6.07, 6.45) is 3.95. The molecule has 0 aliphatic carbocycles. The van der Waals surface area contributed by atoms with Crippen molar-refractivity contribution in [1.82, 2.24) is 14.5 Å². The highest BCUT2D eigenvalue weighted by Crippen LogP contribution is 2.27. The number of para-hydroxylation sites is 1. The molecule has 7 nitrogen and oxygen atoms in total. The Labute approximate surface area is 185 Å². The number of hydrogen-bond donors (Lipinski definition) is 1. The first kappa shape index (κ1) is 25.0. The molecular formula is C24H38N4O3. The summed E-state index contributed by atoms with van der Waals surface area (Å²) in [6, 6.07) is 7.01. The van der Waals surface area contributed by atoms with Gasteiger partial charge in [-0.25, -0.2) is 4.98 Å². The van der Waals surface area contributed by atoms with Crippen LogP contribution in [0.1, 0.15) is 65.2 Å². The molecule has 31 heavy (non-hydrogen) atoms. The van der Waals surface area contributed by atoms with Gasteiger partial charge < -0.3 is 15.4 Å². The van der Waals surface area contributed by atoms with E-state index in [-0.39, 0.29) is 17.5 Å². The van der Waals surface area contributed by atoms with E-state index in [2.05, 4.69) is 0 Å². The highest BCUT2D eigenvalue weighted by Gasteiger charge is 2.32. The number of nitrogens with two attached hydrogens (primary N) is 1. The Morgan fingerprint density at radius 1 is 1.19 bits per heavy atom. The van der Waals surface area contributed by atoms with E-state index in [9.17, 15) is 9.59 Å². The van der Waals surface area contributed by atoms with Crippen molar-refractivity contribution in [3.8, 4) is 0 Å². The summed E-state index contributed by atoms with van der Waals surface area (Å²) in [7, 11) is 1.61. The molecule has 0 saturated heterocycles. The van der Waals surface area contributed by atoms with Gasteiger partial charge in [-0.3, -0.25) is 14.2 Å². The van der Waals surface area contributed by atoms with Crippen LogP contribution in [-0.4, -0.2) is 47.2 Å². The normalized spacial score (nSPS) is 12.8. The van der Waals surface area contributed by atoms with Crippen LogP contribution >= 0.6 is 0 Å². The third-order valence-electron chi connectivity index (χ3n) is 5.51. The molecule has 0 saturated carbocycles. The van der Waals surface area contributed by atoms with Gasteiger partial charge in [0, 0.05) is 19.1 Å². The number of aromatic nitrogens is 2. The minimum Gasteiger partial charge on any atom is -0.383 e. The Bertz CT molecular complexity index is 917. The van der Waals surface area contributed by atoms with E-state index in [0.29, 0.717) is 43.0 Å². The second-order valence-corrected chi connectivity index (χ2v) is 9.06. The van der Waals surface area contributed by atoms with Crippen LogP contribution in [0.25, 0.3) is 10.9 Å². The SMILES string of the molecule is COCCn1c(C(C)N(CCCCCCN)C(=O)C(C)(C)C)nc2ccccc2c1=O. The van der Waals surface area contributed by atoms with Gasteiger partial charge in [0.25, 0.3) is 5.56 Å². The Balaban J connectivity index is 2.46. The number of methoxy groups -OCH3 is 1. The van der Waals surface area contributed by atoms with Crippen LogP contribution in [0.15, 0.2) is 29.1 Å². The topological polar surface area (TPSA) is 90.4 Å². The summed E-state index contributed by atoms with van der Waals surface area (Å²) in [5.74, 6) is 0.653. The maximum Gasteiger partial charge on any atom is 0.261 e. The number of rotatable bonds is 11. The average Bonchev–Trinajstić information content (AvgIpc) is 2.74. The average molecular weight is 431 g/mol. The van der Waals surface area contributed by atoms with Gasteiger partial charge in [0.2, 0.25) is 5.91 Å². The summed E-state index contributed by atoms with van der Waals surface area (Å²) in [5, 5.41) is 0.574. The fraction of sp³-hybridized carbons (Fsp3) is 0.625. The van der Waals surface area contributed by atoms with Gasteiger partial charge in [-0.15, -0.1) is 0 Å². The van der Waals surface area contributed by atoms with Crippen molar-refractivity contribution in [2.24, 2.45) is 11.1 Å². The standard InChI is InChI=1S/C24H38N4O3/c1-18(27(23(30)24(2,3)4)15-11-7-6-10-14-25)21-26-20-13-9-8-12-19(20)22(29)28(21)16-17-31-5/h8-9,12-13,18H,6-7,10-11,14-17,25H2,1-5H3. The highest BCUT2D eigenvalue weighted by molar-refractivity contribution is 5.82. The molecule has 0 aliphatic heterocycles. The fourth-order valence-electron chi connectivity index (χ4n) is 3.72. The molecule has 1 aromatic carbocycles. The molecule has 2 rings (SSSR count). The molecule has 1 atom stereocenters. The fourth-order valence-corrected chi connectivity index (χ4v) is 3.72. The Morgan fingerprint density at radius 3 is 2.52 bits per heavy atom. The molecule has 1 amide bonds. The summed E-state index contributed by atoms with van der Waals surface area (Å²) in [4.78, 5) is 33.3. The lowest BCUT2D eigenvalue weighted by Crippen LogP contribution is -2.43. The van der Waals surface area contributed by atoms with Crippen LogP contribution in [-0.2, 0) is 16.1 Å². The first-order valence-electron chi connectivity index (χ1n) is 11.2. The van der Waals surface area contributed by atoms with Gasteiger partial charge in [0.15, 0.2) is 0 Å². The maximum absolute atomic E-state index is 13.3. The lowest BCUT2D eigenvalue weighted by atomic mass is 9.93. The monoisotopic (exact) mass is 430 g/mol. The zero-order valence-electron chi connectivity index (χ0n) is 19.7. The molecule has 7 heteroatoms. The second kappa shape index (κ2) is 11.4. The first-order chi connectivity index (χ1) is 14.7. The van der Waals surface area contributed by atoms with E-state index in [0.717, 1.165) is 25.7 Å². The summed E-state index contributed by atoms with van der Waals surface area (Å²) in [5.41, 5.74) is 5.62. The van der Waals surface area contributed by atoms with E-state index >= 15 is 0 Å². The van der Waals surface area contributed by atoms with E-state index in [1.807, 2.05) is 50.8 Å². The van der Waals surface area contributed by atoms with Gasteiger partial charge >= 0.3 is 0 Å². The first-order valence-corrected chi connectivity index (χ1v) is 11.2. The van der Waals surface area contributed by atoms with Crippen molar-refractivity contribution < 1.29 is 9.53 Å². The Morgan fingerprint density at radius 2 is 1.87 bits per heavy atom. The van der Waals surface area contributed by atoms with Gasteiger partial charge in [-0.1, -0.05) is 45.7 Å². The Kier molecular flexibility index (Phi) is 9.19. The zero-order chi connectivity index (χ0) is 23.0. The number of nitrogens with zero attached hydrogens (tertiary/aromatic N) is 3. The molecule has 172 valence electrons. The summed E-state index contributed by atoms with van der Waals surface area (Å²) in [6.45, 7) is 9.83. The molecule has 1 aromatic heterocycles. The van der Waals surface area contributed by atoms with Crippen molar-refractivity contribution in [1.29, 1.82) is 0 Å². The van der Waals surface area contributed by atoms with Crippen molar-refractivity contribution in [3.63, 3.8) is 0 Å². The third kappa shape index (κ3) is 6.37. The molecule has 0 bridgehead atoms. The van der Waals surface area contributed by atoms with E-state index < -0.39 is 5.41 Å². The van der Waals surface area contributed by atoms with Gasteiger partial charge in [-0.05, 0) is 38.4 Å². The molecule has 1 unspecified atom stereocenters. The molecule has 2 aromatic rings. The minimum atomic E-state index is -0.528. The molecule has 0 fully saturated rings. The smallest absolute Gasteiger partial charge is 0.261 e. The van der Waals surface area contributed by atoms with Crippen molar-refractivity contribution in [2.45, 2.75) is 66.0 Å². The van der Waals surface area contributed by atoms with Crippen LogP contribution in [0, 0.1) is 5.41 Å². The molecule has 1 heterocycles. The predicted molar refractivity (Wildman–Crippen MR) is 125 cm³/mol. The lowest BCUT2D eigenvalue weighted by molar-refractivity contribution is -0.142. The van der Waals surface area contributed by atoms with E-state index in [4.69, 9.17) is 15.5 Å². The van der Waals surface area contributed by atoms with Crippen molar-refractivity contribution >= 4 is 16.8 Å². The molecular weight excluding hydrogens is 392 g/mol. The van der Waals surface area contributed by atoms with Gasteiger partial charge in [-0.2, -0.15) is 0 Å². The number of fused-ring (bicyclic) bond motifs is 1. The van der Waals surface area contributed by atoms with Gasteiger partial charge in [0.05, 0.1) is 30.1 Å². The van der Waals surface area contributed by atoms with Crippen LogP contribution in [0.3, 0.4) is 0 Å². The van der Waals surface area contributed by atoms with Crippen LogP contribution in [0.5, 0.6) is 0 Å². The lowest BCUT2D eigenvalue weighted by Gasteiger charge is -2.35. The quantitative estimate of drug-likeness (QED) is 0.551. The van der Waals surface area contributed by atoms with E-state index in [1.165, 1.54) is 0 Å². The number of hydrogen-bond acceptors (Lipinski definition) is 5. The van der Waals surface area contributed by atoms with Crippen molar-refractivity contribution in [3.05, 3.63) is 40.4 Å². The molecule has 0 radical (unpaired) electrons. The number of benzene rings is 1. The van der Waals surface area contributed by atoms with Crippen LogP contribution < -0.4 is 11.3 Å². The van der Waals surface area contributed by atoms with E-state index in [1.54, 1.807) is 17.7 Å². The molecule has 2 N–H and O–H groups in total. The number of carbonyl (C=O) groups excluding carboxylic acids is 1. The van der Waals surface area contributed by atoms with Gasteiger partial charge in [0.1, 0.15) is 5.82 Å². The second-order valence-electron chi connectivity index (χ2n) is 9.06. The number of unbranched alkanes of at least 4 members (excludes halogenated alkanes) is 3. The predicted octanol–water partition coefficient (Wildman–Crippen LogP) is 3.50. The Hall–Kier alpha value is -2.25. The van der Waals surface area contributed by atoms with Crippen LogP contribution in [0.4, 0.5) is 0 Å². The third-order valence-corrected chi connectivity index (χ3v) is 5.51. The number of amides is 1. The summed E-state index contributed by atoms with van der Waals surface area (Å²) < 4.78 is 6.89. The highest BCUT2D eigenvalue weighted by atomic mass is 16.5. The van der Waals surface area contributed by atoms with Crippen molar-refractivity contribution in [2.75, 3.05) is 26.8 Å². The largest absolute Gasteiger partial charge is 0.383 e. The molecule has 0 spiro atoms. The number of carbonyl (C=O) groups is 1. The van der Waals surface area contributed by atoms with Crippen LogP contribution in [0.2, 0.25) is 0 Å². The maximum atomic E-state index is 13.3. The summed E-state index contributed by atoms with van der Waals surface area (Å²) >= 11 is 0. The molecule has 0 aliphatic rings.